The first-order chi connectivity index (χ1) is 25.5. The Bertz CT molecular complexity index is 1030. The van der Waals surface area contributed by atoms with Gasteiger partial charge in [-0.15, -0.1) is 0 Å². The van der Waals surface area contributed by atoms with E-state index < -0.39 is 0 Å². The van der Waals surface area contributed by atoms with Gasteiger partial charge in [-0.3, -0.25) is 9.59 Å². The highest BCUT2D eigenvalue weighted by Crippen LogP contribution is 2.60. The topological polar surface area (TPSA) is 73.7 Å². The van der Waals surface area contributed by atoms with Crippen molar-refractivity contribution < 1.29 is 19.1 Å². The lowest BCUT2D eigenvalue weighted by Gasteiger charge is -2.56. The Hall–Kier alpha value is -1.54. The third-order valence-electron chi connectivity index (χ3n) is 12.3. The van der Waals surface area contributed by atoms with Crippen LogP contribution in [0.15, 0.2) is 18.7 Å². The van der Waals surface area contributed by atoms with E-state index in [0.717, 1.165) is 88.2 Å². The first-order valence-corrected chi connectivity index (χ1v) is 23.3. The molecule has 8 heteroatoms. The third kappa shape index (κ3) is 18.2. The van der Waals surface area contributed by atoms with Gasteiger partial charge in [-0.25, -0.2) is 4.98 Å². The fourth-order valence-corrected chi connectivity index (χ4v) is 10.6. The molecule has 52 heavy (non-hydrogen) atoms. The molecular weight excluding hydrogens is 667 g/mol. The Morgan fingerprint density at radius 1 is 0.692 bits per heavy atom. The molecule has 0 aromatic carbocycles. The van der Waals surface area contributed by atoms with Gasteiger partial charge in [-0.1, -0.05) is 96.8 Å². The van der Waals surface area contributed by atoms with Crippen LogP contribution < -0.4 is 0 Å². The highest BCUT2D eigenvalue weighted by atomic mass is 32.2. The van der Waals surface area contributed by atoms with Crippen molar-refractivity contribution in [3.05, 3.63) is 18.7 Å². The van der Waals surface area contributed by atoms with Crippen molar-refractivity contribution in [1.29, 1.82) is 0 Å². The van der Waals surface area contributed by atoms with E-state index >= 15 is 0 Å². The Balaban J connectivity index is 0.965. The van der Waals surface area contributed by atoms with Gasteiger partial charge in [0, 0.05) is 43.1 Å². The molecule has 0 N–H and O–H groups in total. The number of nitrogens with zero attached hydrogens (tertiary/aromatic N) is 3. The smallest absolute Gasteiger partial charge is 0.307 e. The number of esters is 2. The standard InChI is InChI=1S/C44H77N3O4S/c1-2-3-4-5-6-7-8-9-10-11-15-18-29-52-30-28-50-43(49)21-26-46(24-19-25-47-27-22-45-38-47)23-17-14-12-13-16-20-42(48)51-37-44-34-39-31-40(35-44)33-41(32-39)36-44/h22,27,38-41H,2-21,23-26,28-37H2,1H3. The molecule has 0 aliphatic heterocycles. The van der Waals surface area contributed by atoms with Crippen LogP contribution in [0, 0.1) is 23.2 Å². The molecule has 5 rings (SSSR count). The summed E-state index contributed by atoms with van der Waals surface area (Å²) in [6.07, 6.45) is 38.0. The number of unbranched alkanes of at least 4 members (excludes halogenated alkanes) is 15. The summed E-state index contributed by atoms with van der Waals surface area (Å²) in [5.41, 5.74) is 0.316. The largest absolute Gasteiger partial charge is 0.465 e. The summed E-state index contributed by atoms with van der Waals surface area (Å²) in [6, 6.07) is 0. The molecule has 4 saturated carbocycles. The average molecular weight is 744 g/mol. The van der Waals surface area contributed by atoms with Gasteiger partial charge >= 0.3 is 11.9 Å². The quantitative estimate of drug-likeness (QED) is 0.0524. The summed E-state index contributed by atoms with van der Waals surface area (Å²) in [7, 11) is 0. The average Bonchev–Trinajstić information content (AvgIpc) is 3.65. The molecule has 0 unspecified atom stereocenters. The summed E-state index contributed by atoms with van der Waals surface area (Å²) in [5, 5.41) is 0. The lowest BCUT2D eigenvalue weighted by atomic mass is 9.50. The van der Waals surface area contributed by atoms with E-state index in [2.05, 4.69) is 21.4 Å². The predicted molar refractivity (Wildman–Crippen MR) is 217 cm³/mol. The lowest BCUT2D eigenvalue weighted by molar-refractivity contribution is -0.155. The molecule has 4 fully saturated rings. The van der Waals surface area contributed by atoms with Crippen molar-refractivity contribution in [1.82, 2.24) is 14.5 Å². The van der Waals surface area contributed by atoms with Crippen molar-refractivity contribution in [3.63, 3.8) is 0 Å². The maximum atomic E-state index is 12.6. The lowest BCUT2D eigenvalue weighted by Crippen LogP contribution is -2.48. The van der Waals surface area contributed by atoms with Gasteiger partial charge < -0.3 is 18.9 Å². The van der Waals surface area contributed by atoms with Crippen molar-refractivity contribution >= 4 is 23.7 Å². The monoisotopic (exact) mass is 744 g/mol. The molecule has 0 atom stereocenters. The Morgan fingerprint density at radius 2 is 1.27 bits per heavy atom. The van der Waals surface area contributed by atoms with E-state index in [1.54, 1.807) is 0 Å². The van der Waals surface area contributed by atoms with Crippen LogP contribution in [0.1, 0.15) is 174 Å². The van der Waals surface area contributed by atoms with Gasteiger partial charge in [0.2, 0.25) is 0 Å². The van der Waals surface area contributed by atoms with Crippen molar-refractivity contribution in [2.75, 3.05) is 44.4 Å². The van der Waals surface area contributed by atoms with Gasteiger partial charge in [-0.2, -0.15) is 11.8 Å². The van der Waals surface area contributed by atoms with Gasteiger partial charge in [0.1, 0.15) is 6.61 Å². The fourth-order valence-electron chi connectivity index (χ4n) is 9.82. The van der Waals surface area contributed by atoms with Crippen LogP contribution in [-0.2, 0) is 25.6 Å². The van der Waals surface area contributed by atoms with Crippen LogP contribution in [0.5, 0.6) is 0 Å². The minimum absolute atomic E-state index is 0.0184. The van der Waals surface area contributed by atoms with Gasteiger partial charge in [-0.05, 0) is 101 Å². The van der Waals surface area contributed by atoms with Crippen LogP contribution in [0.3, 0.4) is 0 Å². The zero-order valence-corrected chi connectivity index (χ0v) is 34.2. The zero-order valence-electron chi connectivity index (χ0n) is 33.4. The minimum atomic E-state index is -0.0688. The number of hydrogen-bond acceptors (Lipinski definition) is 7. The van der Waals surface area contributed by atoms with E-state index in [9.17, 15) is 9.59 Å². The van der Waals surface area contributed by atoms with Crippen LogP contribution in [-0.4, -0.2) is 70.7 Å². The summed E-state index contributed by atoms with van der Waals surface area (Å²) >= 11 is 1.92. The number of hydrogen-bond donors (Lipinski definition) is 0. The zero-order chi connectivity index (χ0) is 36.5. The highest BCUT2D eigenvalue weighted by molar-refractivity contribution is 7.99. The third-order valence-corrected chi connectivity index (χ3v) is 13.3. The molecule has 298 valence electrons. The highest BCUT2D eigenvalue weighted by Gasteiger charge is 2.51. The van der Waals surface area contributed by atoms with Crippen molar-refractivity contribution in [2.45, 2.75) is 180 Å². The normalized spacial score (nSPS) is 22.0. The molecule has 0 amide bonds. The fraction of sp³-hybridized carbons (Fsp3) is 0.886. The number of rotatable bonds is 33. The number of aryl methyl sites for hydroxylation is 1. The summed E-state index contributed by atoms with van der Waals surface area (Å²) in [5.74, 6) is 4.73. The van der Waals surface area contributed by atoms with E-state index in [0.29, 0.717) is 31.5 Å². The van der Waals surface area contributed by atoms with E-state index in [1.165, 1.54) is 121 Å². The minimum Gasteiger partial charge on any atom is -0.465 e. The second-order valence-corrected chi connectivity index (χ2v) is 18.3. The molecule has 4 aliphatic carbocycles. The van der Waals surface area contributed by atoms with Crippen LogP contribution in [0.2, 0.25) is 0 Å². The Kier molecular flexibility index (Phi) is 21.8. The van der Waals surface area contributed by atoms with Crippen LogP contribution in [0.25, 0.3) is 0 Å². The summed E-state index contributed by atoms with van der Waals surface area (Å²) in [4.78, 5) is 31.7. The van der Waals surface area contributed by atoms with E-state index in [-0.39, 0.29) is 11.9 Å². The first kappa shape index (κ1) is 43.2. The molecule has 0 radical (unpaired) electrons. The number of carbonyl (C=O) groups is 2. The van der Waals surface area contributed by atoms with Crippen LogP contribution in [0.4, 0.5) is 0 Å². The second-order valence-electron chi connectivity index (χ2n) is 17.1. The second kappa shape index (κ2) is 26.3. The molecule has 4 bridgehead atoms. The number of aromatic nitrogens is 2. The predicted octanol–water partition coefficient (Wildman–Crippen LogP) is 11.0. The van der Waals surface area contributed by atoms with Crippen molar-refractivity contribution in [3.8, 4) is 0 Å². The Morgan fingerprint density at radius 3 is 1.90 bits per heavy atom. The summed E-state index contributed by atoms with van der Waals surface area (Å²) in [6.45, 7) is 7.15. The number of carbonyl (C=O) groups excluding carboxylic acids is 2. The maximum Gasteiger partial charge on any atom is 0.307 e. The van der Waals surface area contributed by atoms with Crippen molar-refractivity contribution in [2.24, 2.45) is 23.2 Å². The molecule has 0 spiro atoms. The van der Waals surface area contributed by atoms with E-state index in [1.807, 2.05) is 30.5 Å². The molecule has 1 heterocycles. The van der Waals surface area contributed by atoms with Crippen LogP contribution >= 0.6 is 11.8 Å². The molecule has 0 saturated heterocycles. The van der Waals surface area contributed by atoms with Gasteiger partial charge in [0.25, 0.3) is 0 Å². The number of thioether (sulfide) groups is 1. The van der Waals surface area contributed by atoms with E-state index in [4.69, 9.17) is 9.47 Å². The molecule has 7 nitrogen and oxygen atoms in total. The first-order valence-electron chi connectivity index (χ1n) is 22.1. The van der Waals surface area contributed by atoms with Gasteiger partial charge in [0.05, 0.1) is 19.4 Å². The Labute approximate surface area is 322 Å². The molecular formula is C44H77N3O4S. The number of imidazole rings is 1. The summed E-state index contributed by atoms with van der Waals surface area (Å²) < 4.78 is 13.6. The SMILES string of the molecule is CCCCCCCCCCCCCCSCCOC(=O)CCN(CCCCCCCC(=O)OCC12CC3CC(CC(C3)C1)C2)CCCn1ccnc1. The molecule has 1 aromatic heterocycles. The maximum absolute atomic E-state index is 12.6. The number of ether oxygens (including phenoxy) is 2. The molecule has 1 aromatic rings. The van der Waals surface area contributed by atoms with Gasteiger partial charge in [0.15, 0.2) is 0 Å². The molecule has 4 aliphatic rings.